The maximum Gasteiger partial charge on any atom is 0.241 e. The molecular weight excluding hydrogens is 266 g/mol. The number of amides is 1. The quantitative estimate of drug-likeness (QED) is 0.851. The zero-order valence-corrected chi connectivity index (χ0v) is 12.0. The molecule has 3 N–H and O–H groups in total. The van der Waals surface area contributed by atoms with Crippen molar-refractivity contribution in [3.8, 4) is 5.88 Å². The lowest BCUT2D eigenvalue weighted by molar-refractivity contribution is -0.117. The van der Waals surface area contributed by atoms with Gasteiger partial charge in [0.05, 0.1) is 24.5 Å². The highest BCUT2D eigenvalue weighted by atomic mass is 16.5. The Labute approximate surface area is 124 Å². The molecule has 1 heterocycles. The van der Waals surface area contributed by atoms with Crippen molar-refractivity contribution in [2.75, 3.05) is 11.9 Å². The van der Waals surface area contributed by atoms with Crippen LogP contribution in [0, 0.1) is 0 Å². The lowest BCUT2D eigenvalue weighted by Gasteiger charge is -2.12. The predicted molar refractivity (Wildman–Crippen MR) is 82.2 cm³/mol. The molecule has 0 aliphatic rings. The topological polar surface area (TPSA) is 77.2 Å². The van der Waals surface area contributed by atoms with E-state index in [-0.39, 0.29) is 5.91 Å². The van der Waals surface area contributed by atoms with Crippen LogP contribution in [0.4, 0.5) is 5.69 Å². The van der Waals surface area contributed by atoms with Crippen LogP contribution in [-0.2, 0) is 11.2 Å². The number of pyridine rings is 1. The van der Waals surface area contributed by atoms with E-state index in [1.54, 1.807) is 18.3 Å². The summed E-state index contributed by atoms with van der Waals surface area (Å²) < 4.78 is 5.24. The third kappa shape index (κ3) is 4.57. The molecule has 0 radical (unpaired) electrons. The van der Waals surface area contributed by atoms with E-state index in [4.69, 9.17) is 10.5 Å². The Morgan fingerprint density at radius 2 is 2.05 bits per heavy atom. The van der Waals surface area contributed by atoms with Crippen LogP contribution in [-0.4, -0.2) is 23.5 Å². The Morgan fingerprint density at radius 3 is 2.67 bits per heavy atom. The minimum Gasteiger partial charge on any atom is -0.478 e. The molecule has 0 saturated carbocycles. The summed E-state index contributed by atoms with van der Waals surface area (Å²) in [5, 5.41) is 2.75. The SMILES string of the molecule is CCOc1ccc(NC(=O)C(N)Cc2ccccc2)cn1. The van der Waals surface area contributed by atoms with Crippen LogP contribution in [0.5, 0.6) is 5.88 Å². The monoisotopic (exact) mass is 285 g/mol. The first-order chi connectivity index (χ1) is 10.2. The molecule has 1 atom stereocenters. The molecule has 5 heteroatoms. The Kier molecular flexibility index (Phi) is 5.29. The fourth-order valence-electron chi connectivity index (χ4n) is 1.88. The smallest absolute Gasteiger partial charge is 0.241 e. The third-order valence-corrected chi connectivity index (χ3v) is 2.93. The van der Waals surface area contributed by atoms with Crippen molar-refractivity contribution in [1.29, 1.82) is 0 Å². The van der Waals surface area contributed by atoms with Crippen LogP contribution < -0.4 is 15.8 Å². The van der Waals surface area contributed by atoms with Crippen LogP contribution in [0.15, 0.2) is 48.7 Å². The highest BCUT2D eigenvalue weighted by molar-refractivity contribution is 5.94. The Morgan fingerprint density at radius 1 is 1.29 bits per heavy atom. The van der Waals surface area contributed by atoms with Crippen LogP contribution in [0.3, 0.4) is 0 Å². The second-order valence-corrected chi connectivity index (χ2v) is 4.60. The maximum atomic E-state index is 12.0. The molecule has 2 aromatic rings. The van der Waals surface area contributed by atoms with Gasteiger partial charge in [-0.1, -0.05) is 30.3 Å². The number of nitrogens with one attached hydrogen (secondary N) is 1. The molecule has 0 fully saturated rings. The van der Waals surface area contributed by atoms with Gasteiger partial charge < -0.3 is 15.8 Å². The van der Waals surface area contributed by atoms with E-state index in [1.165, 1.54) is 0 Å². The summed E-state index contributed by atoms with van der Waals surface area (Å²) in [5.74, 6) is 0.300. The zero-order valence-electron chi connectivity index (χ0n) is 12.0. The molecule has 0 aliphatic heterocycles. The standard InChI is InChI=1S/C16H19N3O2/c1-2-21-15-9-8-13(11-18-15)19-16(20)14(17)10-12-6-4-3-5-7-12/h3-9,11,14H,2,10,17H2,1H3,(H,19,20). The van der Waals surface area contributed by atoms with Gasteiger partial charge in [0.25, 0.3) is 0 Å². The van der Waals surface area contributed by atoms with Gasteiger partial charge in [0.1, 0.15) is 0 Å². The maximum absolute atomic E-state index is 12.0. The molecule has 0 aliphatic carbocycles. The molecule has 0 spiro atoms. The van der Waals surface area contributed by atoms with E-state index in [0.29, 0.717) is 24.6 Å². The van der Waals surface area contributed by atoms with E-state index < -0.39 is 6.04 Å². The van der Waals surface area contributed by atoms with Gasteiger partial charge in [-0.3, -0.25) is 4.79 Å². The first kappa shape index (κ1) is 15.0. The number of carbonyl (C=O) groups is 1. The second kappa shape index (κ2) is 7.40. The van der Waals surface area contributed by atoms with Crippen molar-refractivity contribution in [2.45, 2.75) is 19.4 Å². The fraction of sp³-hybridized carbons (Fsp3) is 0.250. The second-order valence-electron chi connectivity index (χ2n) is 4.60. The molecule has 2 rings (SSSR count). The van der Waals surface area contributed by atoms with Crippen LogP contribution in [0.1, 0.15) is 12.5 Å². The van der Waals surface area contributed by atoms with Crippen LogP contribution in [0.2, 0.25) is 0 Å². The number of hydrogen-bond donors (Lipinski definition) is 2. The Balaban J connectivity index is 1.91. The number of carbonyl (C=O) groups excluding carboxylic acids is 1. The summed E-state index contributed by atoms with van der Waals surface area (Å²) in [6, 6.07) is 12.5. The number of nitrogens with two attached hydrogens (primary N) is 1. The van der Waals surface area contributed by atoms with Gasteiger partial charge in [0, 0.05) is 6.07 Å². The minimum absolute atomic E-state index is 0.232. The summed E-state index contributed by atoms with van der Waals surface area (Å²) in [5.41, 5.74) is 7.55. The largest absolute Gasteiger partial charge is 0.478 e. The molecule has 1 unspecified atom stereocenters. The number of benzene rings is 1. The highest BCUT2D eigenvalue weighted by Gasteiger charge is 2.14. The Bertz CT molecular complexity index is 570. The molecule has 1 amide bonds. The van der Waals surface area contributed by atoms with Crippen LogP contribution >= 0.6 is 0 Å². The van der Waals surface area contributed by atoms with Gasteiger partial charge in [-0.05, 0) is 25.0 Å². The van der Waals surface area contributed by atoms with Crippen molar-refractivity contribution < 1.29 is 9.53 Å². The first-order valence-corrected chi connectivity index (χ1v) is 6.88. The van der Waals surface area contributed by atoms with Gasteiger partial charge >= 0.3 is 0 Å². The summed E-state index contributed by atoms with van der Waals surface area (Å²) in [6.07, 6.45) is 2.05. The van der Waals surface area contributed by atoms with Crippen molar-refractivity contribution in [3.63, 3.8) is 0 Å². The third-order valence-electron chi connectivity index (χ3n) is 2.93. The van der Waals surface area contributed by atoms with Gasteiger partial charge in [-0.2, -0.15) is 0 Å². The van der Waals surface area contributed by atoms with E-state index in [2.05, 4.69) is 10.3 Å². The number of ether oxygens (including phenoxy) is 1. The minimum atomic E-state index is -0.598. The normalized spacial score (nSPS) is 11.7. The number of rotatable bonds is 6. The van der Waals surface area contributed by atoms with Crippen molar-refractivity contribution in [3.05, 3.63) is 54.2 Å². The molecule has 0 saturated heterocycles. The number of aromatic nitrogens is 1. The highest BCUT2D eigenvalue weighted by Crippen LogP contribution is 2.12. The summed E-state index contributed by atoms with van der Waals surface area (Å²) in [6.45, 7) is 2.45. The van der Waals surface area contributed by atoms with Gasteiger partial charge in [0.15, 0.2) is 0 Å². The van der Waals surface area contributed by atoms with Gasteiger partial charge in [-0.25, -0.2) is 4.98 Å². The molecule has 110 valence electrons. The number of hydrogen-bond acceptors (Lipinski definition) is 4. The zero-order chi connectivity index (χ0) is 15.1. The molecular formula is C16H19N3O2. The van der Waals surface area contributed by atoms with Crippen molar-refractivity contribution in [1.82, 2.24) is 4.98 Å². The van der Waals surface area contributed by atoms with E-state index >= 15 is 0 Å². The number of nitrogens with zero attached hydrogens (tertiary/aromatic N) is 1. The van der Waals surface area contributed by atoms with Crippen molar-refractivity contribution >= 4 is 11.6 Å². The molecule has 1 aromatic carbocycles. The molecule has 1 aromatic heterocycles. The summed E-state index contributed by atoms with van der Waals surface area (Å²) >= 11 is 0. The average molecular weight is 285 g/mol. The summed E-state index contributed by atoms with van der Waals surface area (Å²) in [7, 11) is 0. The van der Waals surface area contributed by atoms with E-state index in [0.717, 1.165) is 5.56 Å². The van der Waals surface area contributed by atoms with E-state index in [1.807, 2.05) is 37.3 Å². The van der Waals surface area contributed by atoms with Gasteiger partial charge in [-0.15, -0.1) is 0 Å². The lowest BCUT2D eigenvalue weighted by atomic mass is 10.1. The first-order valence-electron chi connectivity index (χ1n) is 6.88. The summed E-state index contributed by atoms with van der Waals surface area (Å²) in [4.78, 5) is 16.1. The average Bonchev–Trinajstić information content (AvgIpc) is 2.50. The van der Waals surface area contributed by atoms with Crippen molar-refractivity contribution in [2.24, 2.45) is 5.73 Å². The molecule has 21 heavy (non-hydrogen) atoms. The van der Waals surface area contributed by atoms with Gasteiger partial charge in [0.2, 0.25) is 11.8 Å². The lowest BCUT2D eigenvalue weighted by Crippen LogP contribution is -2.37. The molecule has 5 nitrogen and oxygen atoms in total. The number of anilines is 1. The predicted octanol–water partition coefficient (Wildman–Crippen LogP) is 1.99. The fourth-order valence-corrected chi connectivity index (χ4v) is 1.88. The molecule has 0 bridgehead atoms. The Hall–Kier alpha value is -2.40. The van der Waals surface area contributed by atoms with E-state index in [9.17, 15) is 4.79 Å². The van der Waals surface area contributed by atoms with Crippen LogP contribution in [0.25, 0.3) is 0 Å².